The molecule has 178 valence electrons. The van der Waals surface area contributed by atoms with Gasteiger partial charge in [0.15, 0.2) is 0 Å². The third-order valence-electron chi connectivity index (χ3n) is 6.02. The number of carbonyl (C=O) groups is 2. The Morgan fingerprint density at radius 1 is 1.17 bits per heavy atom. The van der Waals surface area contributed by atoms with Gasteiger partial charge in [-0.2, -0.15) is 0 Å². The van der Waals surface area contributed by atoms with Gasteiger partial charge in [-0.15, -0.1) is 0 Å². The van der Waals surface area contributed by atoms with Gasteiger partial charge in [-0.3, -0.25) is 9.36 Å². The van der Waals surface area contributed by atoms with Crippen molar-refractivity contribution in [3.8, 4) is 5.69 Å². The van der Waals surface area contributed by atoms with E-state index in [-0.39, 0.29) is 5.91 Å². The number of hydrogen-bond acceptors (Lipinski definition) is 5. The Bertz CT molecular complexity index is 1390. The van der Waals surface area contributed by atoms with Crippen molar-refractivity contribution in [3.63, 3.8) is 0 Å². The number of aromatic nitrogens is 2. The van der Waals surface area contributed by atoms with Gasteiger partial charge >= 0.3 is 0 Å². The number of nitrogens with one attached hydrogen (secondary N) is 2. The van der Waals surface area contributed by atoms with Crippen molar-refractivity contribution in [2.45, 2.75) is 19.3 Å². The molecule has 0 radical (unpaired) electrons. The van der Waals surface area contributed by atoms with E-state index in [9.17, 15) is 9.59 Å². The Kier molecular flexibility index (Phi) is 7.26. The van der Waals surface area contributed by atoms with E-state index >= 15 is 0 Å². The molecule has 1 aromatic heterocycles. The quantitative estimate of drug-likeness (QED) is 0.429. The first kappa shape index (κ1) is 23.8. The van der Waals surface area contributed by atoms with Gasteiger partial charge in [-0.05, 0) is 72.7 Å². The van der Waals surface area contributed by atoms with Crippen molar-refractivity contribution >= 4 is 34.5 Å². The van der Waals surface area contributed by atoms with Crippen LogP contribution in [-0.2, 0) is 11.2 Å². The molecule has 0 saturated carbocycles. The third-order valence-corrected chi connectivity index (χ3v) is 6.02. The van der Waals surface area contributed by atoms with E-state index in [1.807, 2.05) is 43.5 Å². The van der Waals surface area contributed by atoms with E-state index in [1.54, 1.807) is 19.2 Å². The molecule has 0 bridgehead atoms. The van der Waals surface area contributed by atoms with Gasteiger partial charge in [0, 0.05) is 43.0 Å². The molecule has 2 aromatic carbocycles. The summed E-state index contributed by atoms with van der Waals surface area (Å²) in [7, 11) is 3.48. The number of aldehydes is 1. The van der Waals surface area contributed by atoms with Crippen molar-refractivity contribution in [2.75, 3.05) is 19.4 Å². The number of nitrogens with two attached hydrogens (primary N) is 1. The zero-order valence-electron chi connectivity index (χ0n) is 19.9. The largest absolute Gasteiger partial charge is 0.405 e. The Morgan fingerprint density at radius 2 is 2.03 bits per heavy atom. The van der Waals surface area contributed by atoms with E-state index in [4.69, 9.17) is 10.7 Å². The number of anilines is 1. The highest BCUT2D eigenvalue weighted by molar-refractivity contribution is 5.98. The second-order valence-electron chi connectivity index (χ2n) is 8.14. The average Bonchev–Trinajstić information content (AvgIpc) is 3.28. The van der Waals surface area contributed by atoms with Gasteiger partial charge in [-0.1, -0.05) is 24.3 Å². The predicted molar refractivity (Wildman–Crippen MR) is 142 cm³/mol. The molecule has 0 fully saturated rings. The van der Waals surface area contributed by atoms with Crippen LogP contribution in [0.15, 0.2) is 78.6 Å². The van der Waals surface area contributed by atoms with Crippen LogP contribution in [0, 0.1) is 0 Å². The van der Waals surface area contributed by atoms with Gasteiger partial charge in [0.05, 0.1) is 11.0 Å². The van der Waals surface area contributed by atoms with Crippen molar-refractivity contribution in [1.29, 1.82) is 0 Å². The molecule has 3 aromatic rings. The molecule has 1 aliphatic rings. The molecule has 0 unspecified atom stereocenters. The van der Waals surface area contributed by atoms with Crippen LogP contribution in [0.3, 0.4) is 0 Å². The van der Waals surface area contributed by atoms with Crippen LogP contribution in [0.5, 0.6) is 0 Å². The summed E-state index contributed by atoms with van der Waals surface area (Å²) >= 11 is 0. The van der Waals surface area contributed by atoms with Crippen molar-refractivity contribution in [1.82, 2.24) is 14.9 Å². The Hall–Kier alpha value is -4.39. The number of aryl methyl sites for hydroxylation is 1. The van der Waals surface area contributed by atoms with Gasteiger partial charge < -0.3 is 21.2 Å². The first-order chi connectivity index (χ1) is 17.1. The predicted octanol–water partition coefficient (Wildman–Crippen LogP) is 4.30. The maximum atomic E-state index is 12.3. The van der Waals surface area contributed by atoms with Crippen LogP contribution in [-0.4, -0.2) is 35.8 Å². The number of nitrogens with zero attached hydrogens (tertiary/aromatic N) is 2. The topological polar surface area (TPSA) is 102 Å². The van der Waals surface area contributed by atoms with Gasteiger partial charge in [0.2, 0.25) is 0 Å². The first-order valence-electron chi connectivity index (χ1n) is 11.6. The molecule has 0 atom stereocenters. The van der Waals surface area contributed by atoms with Crippen molar-refractivity contribution < 1.29 is 9.59 Å². The summed E-state index contributed by atoms with van der Waals surface area (Å²) in [5.74, 6) is 0.558. The standard InChI is InChI=1S/C28H29N5O2/c1-30-24-12-11-22(17-20(24)9-6-16-34)33-26-13-10-21(28(35)31-2)18-25(26)32-27(33)23(14-15-29)19-7-4-3-5-8-19/h3-5,7,10-18,30H,6,8-9,29H2,1-2H3,(H,31,35)/b15-14-,23-19+. The second kappa shape index (κ2) is 10.7. The maximum absolute atomic E-state index is 12.3. The zero-order valence-corrected chi connectivity index (χ0v) is 19.9. The zero-order chi connectivity index (χ0) is 24.8. The molecule has 0 saturated heterocycles. The fourth-order valence-electron chi connectivity index (χ4n) is 4.33. The van der Waals surface area contributed by atoms with E-state index in [2.05, 4.69) is 33.4 Å². The summed E-state index contributed by atoms with van der Waals surface area (Å²) in [5.41, 5.74) is 12.9. The van der Waals surface area contributed by atoms with Crippen LogP contribution >= 0.6 is 0 Å². The first-order valence-corrected chi connectivity index (χ1v) is 11.6. The van der Waals surface area contributed by atoms with Crippen molar-refractivity contribution in [2.24, 2.45) is 5.73 Å². The molecular weight excluding hydrogens is 438 g/mol. The third kappa shape index (κ3) is 4.80. The minimum Gasteiger partial charge on any atom is -0.405 e. The smallest absolute Gasteiger partial charge is 0.251 e. The molecule has 0 aliphatic heterocycles. The lowest BCUT2D eigenvalue weighted by molar-refractivity contribution is -0.107. The molecule has 1 aliphatic carbocycles. The molecule has 35 heavy (non-hydrogen) atoms. The molecule has 1 amide bonds. The lowest BCUT2D eigenvalue weighted by Gasteiger charge is -2.16. The minimum atomic E-state index is -0.168. The number of hydrogen-bond donors (Lipinski definition) is 3. The van der Waals surface area contributed by atoms with E-state index in [0.717, 1.165) is 52.1 Å². The fraction of sp³-hybridized carbons (Fsp3) is 0.179. The van der Waals surface area contributed by atoms with Crippen LogP contribution in [0.2, 0.25) is 0 Å². The van der Waals surface area contributed by atoms with Crippen LogP contribution in [0.1, 0.15) is 34.6 Å². The van der Waals surface area contributed by atoms with Gasteiger partial charge in [0.1, 0.15) is 12.1 Å². The van der Waals surface area contributed by atoms with Gasteiger partial charge in [0.25, 0.3) is 5.91 Å². The molecule has 4 N–H and O–H groups in total. The molecule has 4 rings (SSSR count). The highest BCUT2D eigenvalue weighted by Crippen LogP contribution is 2.32. The number of amides is 1. The second-order valence-corrected chi connectivity index (χ2v) is 8.14. The highest BCUT2D eigenvalue weighted by atomic mass is 16.1. The molecule has 7 nitrogen and oxygen atoms in total. The number of allylic oxidation sites excluding steroid dienone is 7. The lowest BCUT2D eigenvalue weighted by atomic mass is 10.00. The summed E-state index contributed by atoms with van der Waals surface area (Å²) in [4.78, 5) is 28.3. The van der Waals surface area contributed by atoms with Crippen LogP contribution < -0.4 is 16.4 Å². The number of benzene rings is 2. The summed E-state index contributed by atoms with van der Waals surface area (Å²) < 4.78 is 2.08. The average molecular weight is 468 g/mol. The minimum absolute atomic E-state index is 0.168. The molecule has 0 spiro atoms. The number of rotatable bonds is 8. The van der Waals surface area contributed by atoms with Crippen LogP contribution in [0.25, 0.3) is 22.3 Å². The van der Waals surface area contributed by atoms with E-state index in [0.29, 0.717) is 23.9 Å². The fourth-order valence-corrected chi connectivity index (χ4v) is 4.33. The van der Waals surface area contributed by atoms with E-state index in [1.165, 1.54) is 6.20 Å². The summed E-state index contributed by atoms with van der Waals surface area (Å²) in [6.45, 7) is 0. The van der Waals surface area contributed by atoms with Gasteiger partial charge in [-0.25, -0.2) is 4.98 Å². The summed E-state index contributed by atoms with van der Waals surface area (Å²) in [6, 6.07) is 11.6. The Balaban J connectivity index is 2.01. The Morgan fingerprint density at radius 3 is 2.71 bits per heavy atom. The molecule has 1 heterocycles. The van der Waals surface area contributed by atoms with E-state index < -0.39 is 0 Å². The summed E-state index contributed by atoms with van der Waals surface area (Å²) in [5, 5.41) is 5.88. The maximum Gasteiger partial charge on any atom is 0.251 e. The highest BCUT2D eigenvalue weighted by Gasteiger charge is 2.19. The normalized spacial score (nSPS) is 14.5. The SMILES string of the molecule is CNC(=O)c1ccc2c(c1)nc(C(/C=C\N)=C1\C=CC=CC1)n2-c1ccc(NC)c(CCC=O)c1. The number of fused-ring (bicyclic) bond motifs is 1. The van der Waals surface area contributed by atoms with Crippen molar-refractivity contribution in [3.05, 3.63) is 95.5 Å². The molecular formula is C28H29N5O2. The number of carbonyl (C=O) groups excluding carboxylic acids is 2. The summed E-state index contributed by atoms with van der Waals surface area (Å²) in [6.07, 6.45) is 14.3. The molecule has 7 heteroatoms. The number of imidazole rings is 1. The van der Waals surface area contributed by atoms with Crippen LogP contribution in [0.4, 0.5) is 5.69 Å². The Labute approximate surface area is 204 Å². The monoisotopic (exact) mass is 467 g/mol. The lowest BCUT2D eigenvalue weighted by Crippen LogP contribution is -2.17.